The minimum atomic E-state index is -0.157. The first-order valence-corrected chi connectivity index (χ1v) is 11.9. The predicted octanol–water partition coefficient (Wildman–Crippen LogP) is 4.70. The van der Waals surface area contributed by atoms with E-state index in [1.165, 1.54) is 12.8 Å². The van der Waals surface area contributed by atoms with Crippen LogP contribution >= 0.6 is 0 Å². The number of hydrogen-bond acceptors (Lipinski definition) is 6. The number of amides is 1. The molecule has 2 heterocycles. The molecule has 0 bridgehead atoms. The number of carbonyl (C=O) groups is 1. The van der Waals surface area contributed by atoms with Gasteiger partial charge in [-0.25, -0.2) is 0 Å². The summed E-state index contributed by atoms with van der Waals surface area (Å²) in [5.41, 5.74) is 0.524. The van der Waals surface area contributed by atoms with Gasteiger partial charge in [0.25, 0.3) is 5.91 Å². The second-order valence-corrected chi connectivity index (χ2v) is 8.09. The fourth-order valence-corrected chi connectivity index (χ4v) is 4.10. The Kier molecular flexibility index (Phi) is 8.46. The quantitative estimate of drug-likeness (QED) is 0.392. The number of benzene rings is 2. The van der Waals surface area contributed by atoms with E-state index in [9.17, 15) is 4.79 Å². The van der Waals surface area contributed by atoms with Crippen molar-refractivity contribution < 1.29 is 23.4 Å². The first kappa shape index (κ1) is 23.7. The van der Waals surface area contributed by atoms with Gasteiger partial charge < -0.3 is 23.9 Å². The molecule has 1 aromatic heterocycles. The lowest BCUT2D eigenvalue weighted by Crippen LogP contribution is -2.36. The molecule has 1 aliphatic rings. The van der Waals surface area contributed by atoms with Gasteiger partial charge in [0.05, 0.1) is 18.9 Å². The van der Waals surface area contributed by atoms with Crippen LogP contribution in [0.2, 0.25) is 0 Å². The van der Waals surface area contributed by atoms with Crippen molar-refractivity contribution in [1.82, 2.24) is 10.2 Å². The third kappa shape index (κ3) is 6.32. The van der Waals surface area contributed by atoms with Crippen LogP contribution in [0.4, 0.5) is 0 Å². The van der Waals surface area contributed by atoms with Gasteiger partial charge in [-0.15, -0.1) is 0 Å². The highest BCUT2D eigenvalue weighted by Gasteiger charge is 2.26. The number of nitrogens with zero attached hydrogens (tertiary/aromatic N) is 1. The van der Waals surface area contributed by atoms with Crippen molar-refractivity contribution in [3.05, 3.63) is 78.3 Å². The molecular weight excluding hydrogens is 432 g/mol. The summed E-state index contributed by atoms with van der Waals surface area (Å²) in [7, 11) is 0. The smallest absolute Gasteiger partial charge is 0.251 e. The molecule has 1 N–H and O–H groups in total. The summed E-state index contributed by atoms with van der Waals surface area (Å²) in [5.74, 6) is 2.64. The molecule has 4 rings (SSSR count). The first-order chi connectivity index (χ1) is 16.7. The minimum Gasteiger partial charge on any atom is -0.490 e. The number of para-hydroxylation sites is 1. The van der Waals surface area contributed by atoms with Gasteiger partial charge >= 0.3 is 0 Å². The highest BCUT2D eigenvalue weighted by Crippen LogP contribution is 2.29. The molecule has 1 aliphatic heterocycles. The first-order valence-electron chi connectivity index (χ1n) is 11.9. The standard InChI is InChI=1S/C27H32N2O5/c1-2-31-26-19-21(12-13-25(26)34-18-17-32-22-9-4-3-5-10-22)27(30)28-20-23(24-11-8-16-33-24)29-14-6-7-15-29/h3-5,8-13,16,19,23H,2,6-7,14-15,17-18,20H2,1H3,(H,28,30). The summed E-state index contributed by atoms with van der Waals surface area (Å²) >= 11 is 0. The van der Waals surface area contributed by atoms with Crippen LogP contribution in [0.15, 0.2) is 71.3 Å². The second kappa shape index (κ2) is 12.1. The van der Waals surface area contributed by atoms with Crippen molar-refractivity contribution in [2.45, 2.75) is 25.8 Å². The minimum absolute atomic E-state index is 0.0278. The number of furan rings is 1. The number of rotatable bonds is 12. The topological polar surface area (TPSA) is 73.2 Å². The Morgan fingerprint density at radius 2 is 1.76 bits per heavy atom. The van der Waals surface area contributed by atoms with E-state index in [4.69, 9.17) is 18.6 Å². The average molecular weight is 465 g/mol. The van der Waals surface area contributed by atoms with Crippen LogP contribution in [0.5, 0.6) is 17.2 Å². The van der Waals surface area contributed by atoms with Crippen molar-refractivity contribution >= 4 is 5.91 Å². The van der Waals surface area contributed by atoms with E-state index in [1.54, 1.807) is 24.5 Å². The molecule has 1 amide bonds. The number of nitrogens with one attached hydrogen (secondary N) is 1. The highest BCUT2D eigenvalue weighted by atomic mass is 16.5. The van der Waals surface area contributed by atoms with Gasteiger partial charge in [-0.1, -0.05) is 18.2 Å². The maximum absolute atomic E-state index is 12.9. The summed E-state index contributed by atoms with van der Waals surface area (Å²) in [6.07, 6.45) is 4.01. The molecule has 0 aliphatic carbocycles. The van der Waals surface area contributed by atoms with E-state index in [0.29, 0.717) is 43.4 Å². The van der Waals surface area contributed by atoms with E-state index < -0.39 is 0 Å². The zero-order valence-corrected chi connectivity index (χ0v) is 19.6. The van der Waals surface area contributed by atoms with E-state index >= 15 is 0 Å². The van der Waals surface area contributed by atoms with Crippen LogP contribution in [0, 0.1) is 0 Å². The zero-order valence-electron chi connectivity index (χ0n) is 19.6. The van der Waals surface area contributed by atoms with Crippen LogP contribution in [0.1, 0.15) is 41.9 Å². The summed E-state index contributed by atoms with van der Waals surface area (Å²) in [4.78, 5) is 15.3. The molecule has 0 saturated carbocycles. The molecule has 7 nitrogen and oxygen atoms in total. The normalized spacial score (nSPS) is 14.5. The van der Waals surface area contributed by atoms with Gasteiger partial charge in [-0.05, 0) is 75.3 Å². The zero-order chi connectivity index (χ0) is 23.6. The summed E-state index contributed by atoms with van der Waals surface area (Å²) in [6.45, 7) is 5.64. The highest BCUT2D eigenvalue weighted by molar-refractivity contribution is 5.94. The van der Waals surface area contributed by atoms with Gasteiger partial charge in [0.2, 0.25) is 0 Å². The number of likely N-dealkylation sites (tertiary alicyclic amines) is 1. The molecule has 2 aromatic carbocycles. The molecular formula is C27H32N2O5. The van der Waals surface area contributed by atoms with Crippen LogP contribution in [0.25, 0.3) is 0 Å². The molecule has 3 aromatic rings. The molecule has 180 valence electrons. The third-order valence-electron chi connectivity index (χ3n) is 5.77. The molecule has 1 atom stereocenters. The molecule has 1 fully saturated rings. The predicted molar refractivity (Wildman–Crippen MR) is 130 cm³/mol. The van der Waals surface area contributed by atoms with Crippen molar-refractivity contribution in [2.75, 3.05) is 39.5 Å². The number of carbonyl (C=O) groups excluding carboxylic acids is 1. The Balaban J connectivity index is 1.35. The lowest BCUT2D eigenvalue weighted by atomic mass is 10.1. The van der Waals surface area contributed by atoms with E-state index in [-0.39, 0.29) is 11.9 Å². The van der Waals surface area contributed by atoms with Gasteiger partial charge in [0, 0.05) is 12.1 Å². The molecule has 0 radical (unpaired) electrons. The Hall–Kier alpha value is -3.45. The molecule has 1 unspecified atom stereocenters. The van der Waals surface area contributed by atoms with Crippen LogP contribution in [-0.4, -0.2) is 50.3 Å². The molecule has 7 heteroatoms. The molecule has 1 saturated heterocycles. The van der Waals surface area contributed by atoms with Crippen molar-refractivity contribution in [2.24, 2.45) is 0 Å². The lowest BCUT2D eigenvalue weighted by Gasteiger charge is -2.26. The second-order valence-electron chi connectivity index (χ2n) is 8.09. The van der Waals surface area contributed by atoms with Crippen molar-refractivity contribution in [3.63, 3.8) is 0 Å². The van der Waals surface area contributed by atoms with Crippen LogP contribution in [-0.2, 0) is 0 Å². The largest absolute Gasteiger partial charge is 0.490 e. The Labute approximate surface area is 200 Å². The lowest BCUT2D eigenvalue weighted by molar-refractivity contribution is 0.0933. The van der Waals surface area contributed by atoms with E-state index in [0.717, 1.165) is 24.6 Å². The Morgan fingerprint density at radius 1 is 0.971 bits per heavy atom. The Bertz CT molecular complexity index is 1020. The SMILES string of the molecule is CCOc1cc(C(=O)NCC(c2ccco2)N2CCCC2)ccc1OCCOc1ccccc1. The van der Waals surface area contributed by atoms with E-state index in [2.05, 4.69) is 10.2 Å². The maximum Gasteiger partial charge on any atom is 0.251 e. The third-order valence-corrected chi connectivity index (χ3v) is 5.77. The van der Waals surface area contributed by atoms with Gasteiger partial charge in [0.15, 0.2) is 11.5 Å². The van der Waals surface area contributed by atoms with Crippen LogP contribution < -0.4 is 19.5 Å². The van der Waals surface area contributed by atoms with Crippen molar-refractivity contribution in [3.8, 4) is 17.2 Å². The van der Waals surface area contributed by atoms with Crippen LogP contribution in [0.3, 0.4) is 0 Å². The van der Waals surface area contributed by atoms with E-state index in [1.807, 2.05) is 49.4 Å². The average Bonchev–Trinajstić information content (AvgIpc) is 3.59. The molecule has 0 spiro atoms. The fraction of sp³-hybridized carbons (Fsp3) is 0.370. The maximum atomic E-state index is 12.9. The number of hydrogen-bond donors (Lipinski definition) is 1. The van der Waals surface area contributed by atoms with Crippen molar-refractivity contribution in [1.29, 1.82) is 0 Å². The van der Waals surface area contributed by atoms with Gasteiger partial charge in [-0.2, -0.15) is 0 Å². The summed E-state index contributed by atoms with van der Waals surface area (Å²) in [6, 6.07) is 18.7. The Morgan fingerprint density at radius 3 is 2.50 bits per heavy atom. The number of ether oxygens (including phenoxy) is 3. The fourth-order valence-electron chi connectivity index (χ4n) is 4.10. The monoisotopic (exact) mass is 464 g/mol. The van der Waals surface area contributed by atoms with Gasteiger partial charge in [-0.3, -0.25) is 9.69 Å². The molecule has 34 heavy (non-hydrogen) atoms. The summed E-state index contributed by atoms with van der Waals surface area (Å²) in [5, 5.41) is 3.07. The van der Waals surface area contributed by atoms with Gasteiger partial charge in [0.1, 0.15) is 24.7 Å². The summed E-state index contributed by atoms with van der Waals surface area (Å²) < 4.78 is 22.9.